The average molecular weight is 261 g/mol. The third-order valence-electron chi connectivity index (χ3n) is 4.33. The molecule has 1 atom stereocenters. The highest BCUT2D eigenvalue weighted by Crippen LogP contribution is 2.28. The summed E-state index contributed by atoms with van der Waals surface area (Å²) in [6, 6.07) is 7.14. The average Bonchev–Trinajstić information content (AvgIpc) is 2.86. The fraction of sp³-hybridized carbons (Fsp3) is 0.647. The smallest absolute Gasteiger partial charge is 0.0681 e. The summed E-state index contributed by atoms with van der Waals surface area (Å²) in [4.78, 5) is 2.61. The summed E-state index contributed by atoms with van der Waals surface area (Å²) in [6.45, 7) is 6.88. The minimum atomic E-state index is 0.154. The summed E-state index contributed by atoms with van der Waals surface area (Å²) in [7, 11) is 0. The summed E-state index contributed by atoms with van der Waals surface area (Å²) in [5.74, 6) is 0. The topological polar surface area (TPSA) is 23.5 Å². The van der Waals surface area contributed by atoms with Crippen LogP contribution in [0.5, 0.6) is 0 Å². The van der Waals surface area contributed by atoms with E-state index in [1.165, 1.54) is 43.2 Å². The molecular weight excluding hydrogens is 234 g/mol. The number of rotatable bonds is 7. The van der Waals surface area contributed by atoms with E-state index in [1.54, 1.807) is 0 Å². The van der Waals surface area contributed by atoms with Gasteiger partial charge in [-0.2, -0.15) is 0 Å². The second-order valence-corrected chi connectivity index (χ2v) is 5.72. The van der Waals surface area contributed by atoms with Crippen LogP contribution in [0.3, 0.4) is 0 Å². The first-order valence-electron chi connectivity index (χ1n) is 7.74. The largest absolute Gasteiger partial charge is 0.392 e. The van der Waals surface area contributed by atoms with Crippen molar-refractivity contribution in [1.29, 1.82) is 0 Å². The van der Waals surface area contributed by atoms with Crippen molar-refractivity contribution in [2.24, 2.45) is 0 Å². The van der Waals surface area contributed by atoms with Gasteiger partial charge in [0.2, 0.25) is 0 Å². The lowest BCUT2D eigenvalue weighted by Gasteiger charge is -2.26. The van der Waals surface area contributed by atoms with Gasteiger partial charge < -0.3 is 5.11 Å². The molecule has 0 saturated heterocycles. The summed E-state index contributed by atoms with van der Waals surface area (Å²) < 4.78 is 0. The molecule has 0 amide bonds. The van der Waals surface area contributed by atoms with E-state index in [2.05, 4.69) is 36.9 Å². The highest BCUT2D eigenvalue weighted by atomic mass is 16.3. The van der Waals surface area contributed by atoms with E-state index >= 15 is 0 Å². The standard InChI is InChI=1S/C17H27NO/c1-3-5-6-7-17(4-2)18-11-15-9-8-14(13-19)10-16(15)12-18/h8-10,17,19H,3-7,11-13H2,1-2H3. The van der Waals surface area contributed by atoms with Crippen molar-refractivity contribution in [3.63, 3.8) is 0 Å². The minimum absolute atomic E-state index is 0.154. The van der Waals surface area contributed by atoms with E-state index in [0.29, 0.717) is 0 Å². The zero-order valence-electron chi connectivity index (χ0n) is 12.4. The summed E-state index contributed by atoms with van der Waals surface area (Å²) in [5, 5.41) is 9.22. The highest BCUT2D eigenvalue weighted by molar-refractivity contribution is 5.34. The molecule has 0 spiro atoms. The molecule has 1 aromatic rings. The van der Waals surface area contributed by atoms with Gasteiger partial charge in [0.25, 0.3) is 0 Å². The fourth-order valence-electron chi connectivity index (χ4n) is 3.11. The summed E-state index contributed by atoms with van der Waals surface area (Å²) >= 11 is 0. The molecule has 0 aliphatic carbocycles. The summed E-state index contributed by atoms with van der Waals surface area (Å²) in [5.41, 5.74) is 3.91. The van der Waals surface area contributed by atoms with Crippen LogP contribution in [0.15, 0.2) is 18.2 Å². The molecule has 2 rings (SSSR count). The van der Waals surface area contributed by atoms with Crippen molar-refractivity contribution in [2.75, 3.05) is 0 Å². The number of unbranched alkanes of at least 4 members (excludes halogenated alkanes) is 2. The van der Waals surface area contributed by atoms with E-state index in [-0.39, 0.29) is 6.61 Å². The van der Waals surface area contributed by atoms with Crippen molar-refractivity contribution in [3.8, 4) is 0 Å². The molecule has 2 nitrogen and oxygen atoms in total. The lowest BCUT2D eigenvalue weighted by atomic mass is 10.0. The lowest BCUT2D eigenvalue weighted by Crippen LogP contribution is -2.29. The third-order valence-corrected chi connectivity index (χ3v) is 4.33. The Kier molecular flexibility index (Phi) is 5.41. The maximum Gasteiger partial charge on any atom is 0.0681 e. The molecule has 0 radical (unpaired) electrons. The van der Waals surface area contributed by atoms with E-state index in [4.69, 9.17) is 0 Å². The van der Waals surface area contributed by atoms with Gasteiger partial charge in [-0.1, -0.05) is 51.3 Å². The van der Waals surface area contributed by atoms with Gasteiger partial charge in [0, 0.05) is 19.1 Å². The number of hydrogen-bond acceptors (Lipinski definition) is 2. The van der Waals surface area contributed by atoms with Crippen LogP contribution in [0.2, 0.25) is 0 Å². The van der Waals surface area contributed by atoms with Gasteiger partial charge in [-0.15, -0.1) is 0 Å². The molecule has 1 N–H and O–H groups in total. The Hall–Kier alpha value is -0.860. The van der Waals surface area contributed by atoms with Crippen LogP contribution in [0, 0.1) is 0 Å². The fourth-order valence-corrected chi connectivity index (χ4v) is 3.11. The Morgan fingerprint density at radius 2 is 1.95 bits per heavy atom. The van der Waals surface area contributed by atoms with Crippen LogP contribution >= 0.6 is 0 Å². The Morgan fingerprint density at radius 1 is 1.16 bits per heavy atom. The number of aliphatic hydroxyl groups is 1. The second kappa shape index (κ2) is 7.06. The van der Waals surface area contributed by atoms with E-state index in [0.717, 1.165) is 24.7 Å². The van der Waals surface area contributed by atoms with Crippen molar-refractivity contribution in [3.05, 3.63) is 34.9 Å². The lowest BCUT2D eigenvalue weighted by molar-refractivity contribution is 0.180. The van der Waals surface area contributed by atoms with Crippen LogP contribution in [0.25, 0.3) is 0 Å². The van der Waals surface area contributed by atoms with E-state index in [9.17, 15) is 5.11 Å². The molecule has 19 heavy (non-hydrogen) atoms. The van der Waals surface area contributed by atoms with Crippen molar-refractivity contribution in [1.82, 2.24) is 4.90 Å². The number of fused-ring (bicyclic) bond motifs is 1. The van der Waals surface area contributed by atoms with Crippen molar-refractivity contribution >= 4 is 0 Å². The van der Waals surface area contributed by atoms with Crippen LogP contribution in [0.1, 0.15) is 62.6 Å². The molecule has 0 aromatic heterocycles. The van der Waals surface area contributed by atoms with Crippen LogP contribution < -0.4 is 0 Å². The number of benzene rings is 1. The van der Waals surface area contributed by atoms with Gasteiger partial charge in [0.1, 0.15) is 0 Å². The van der Waals surface area contributed by atoms with Gasteiger partial charge in [-0.05, 0) is 29.5 Å². The number of nitrogens with zero attached hydrogens (tertiary/aromatic N) is 1. The highest BCUT2D eigenvalue weighted by Gasteiger charge is 2.24. The zero-order valence-corrected chi connectivity index (χ0v) is 12.4. The molecule has 0 saturated carbocycles. The second-order valence-electron chi connectivity index (χ2n) is 5.72. The molecule has 1 unspecified atom stereocenters. The predicted molar refractivity (Wildman–Crippen MR) is 79.8 cm³/mol. The first-order chi connectivity index (χ1) is 9.28. The number of aliphatic hydroxyl groups excluding tert-OH is 1. The van der Waals surface area contributed by atoms with Gasteiger partial charge >= 0.3 is 0 Å². The molecule has 106 valence electrons. The Labute approximate surface area is 117 Å². The molecule has 0 bridgehead atoms. The van der Waals surface area contributed by atoms with Gasteiger partial charge in [0.05, 0.1) is 6.61 Å². The van der Waals surface area contributed by atoms with Crippen molar-refractivity contribution in [2.45, 2.75) is 71.7 Å². The van der Waals surface area contributed by atoms with E-state index in [1.807, 2.05) is 0 Å². The molecule has 1 heterocycles. The number of hydrogen-bond donors (Lipinski definition) is 1. The maximum absolute atomic E-state index is 9.22. The quantitative estimate of drug-likeness (QED) is 0.754. The van der Waals surface area contributed by atoms with Crippen molar-refractivity contribution < 1.29 is 5.11 Å². The minimum Gasteiger partial charge on any atom is -0.392 e. The Morgan fingerprint density at radius 3 is 2.63 bits per heavy atom. The molecular formula is C17H27NO. The summed E-state index contributed by atoms with van der Waals surface area (Å²) in [6.07, 6.45) is 6.57. The van der Waals surface area contributed by atoms with Gasteiger partial charge in [0.15, 0.2) is 0 Å². The van der Waals surface area contributed by atoms with E-state index < -0.39 is 0 Å². The third kappa shape index (κ3) is 3.58. The molecule has 1 aromatic carbocycles. The van der Waals surface area contributed by atoms with Gasteiger partial charge in [-0.25, -0.2) is 0 Å². The SMILES string of the molecule is CCCCCC(CC)N1Cc2ccc(CO)cc2C1. The Bertz CT molecular complexity index is 402. The van der Waals surface area contributed by atoms with Crippen LogP contribution in [-0.2, 0) is 19.7 Å². The first-order valence-corrected chi connectivity index (χ1v) is 7.74. The predicted octanol–water partition coefficient (Wildman–Crippen LogP) is 3.85. The first kappa shape index (κ1) is 14.5. The molecule has 1 aliphatic heterocycles. The molecule has 1 aliphatic rings. The monoisotopic (exact) mass is 261 g/mol. The normalized spacial score (nSPS) is 16.6. The van der Waals surface area contributed by atoms with Crippen LogP contribution in [-0.4, -0.2) is 16.0 Å². The maximum atomic E-state index is 9.22. The van der Waals surface area contributed by atoms with Gasteiger partial charge in [-0.3, -0.25) is 4.90 Å². The van der Waals surface area contributed by atoms with Crippen LogP contribution in [0.4, 0.5) is 0 Å². The molecule has 2 heteroatoms. The zero-order chi connectivity index (χ0) is 13.7. The molecule has 0 fully saturated rings. The Balaban J connectivity index is 1.97.